The van der Waals surface area contributed by atoms with Gasteiger partial charge in [-0.3, -0.25) is 4.79 Å². The zero-order valence-electron chi connectivity index (χ0n) is 27.0. The van der Waals surface area contributed by atoms with E-state index >= 15 is 0 Å². The predicted octanol–water partition coefficient (Wildman–Crippen LogP) is 5.89. The van der Waals surface area contributed by atoms with Crippen molar-refractivity contribution >= 4 is 21.8 Å². The van der Waals surface area contributed by atoms with E-state index in [2.05, 4.69) is 0 Å². The maximum Gasteiger partial charge on any atom is 0.430 e. The fourth-order valence-corrected chi connectivity index (χ4v) is 8.55. The van der Waals surface area contributed by atoms with E-state index in [9.17, 15) is 48.7 Å². The first kappa shape index (κ1) is 37.6. The summed E-state index contributed by atoms with van der Waals surface area (Å²) in [5, 5.41) is 9.10. The van der Waals surface area contributed by atoms with Crippen LogP contribution in [0.25, 0.3) is 0 Å². The first-order chi connectivity index (χ1) is 23.9. The molecule has 5 rings (SSSR count). The molecule has 3 amide bonds. The summed E-state index contributed by atoms with van der Waals surface area (Å²) in [6.45, 7) is 0.311. The normalized spacial score (nSPS) is 18.8. The van der Waals surface area contributed by atoms with Gasteiger partial charge in [-0.2, -0.15) is 31.6 Å². The van der Waals surface area contributed by atoms with Gasteiger partial charge in [0.15, 0.2) is 9.84 Å². The first-order valence-corrected chi connectivity index (χ1v) is 17.0. The number of alkyl halides is 6. The topological polar surface area (TPSA) is 111 Å². The Morgan fingerprint density at radius 3 is 1.98 bits per heavy atom. The minimum absolute atomic E-state index is 0.0138. The molecule has 0 N–H and O–H groups in total. The third kappa shape index (κ3) is 6.86. The van der Waals surface area contributed by atoms with Crippen LogP contribution in [-0.4, -0.2) is 86.7 Å². The Labute approximate surface area is 288 Å². The molecule has 0 radical (unpaired) electrons. The number of amides is 3. The molecule has 17 heteroatoms. The smallest absolute Gasteiger partial charge is 0.349 e. The van der Waals surface area contributed by atoms with E-state index in [4.69, 9.17) is 10.00 Å². The average Bonchev–Trinajstić information content (AvgIpc) is 3.55. The number of ether oxygens (including phenoxy) is 1. The molecule has 0 saturated carbocycles. The van der Waals surface area contributed by atoms with Gasteiger partial charge in [0.05, 0.1) is 23.1 Å². The van der Waals surface area contributed by atoms with E-state index in [0.29, 0.717) is 12.1 Å². The summed E-state index contributed by atoms with van der Waals surface area (Å²) in [6.07, 6.45) is -12.4. The highest BCUT2D eigenvalue weighted by Crippen LogP contribution is 2.54. The van der Waals surface area contributed by atoms with Crippen molar-refractivity contribution in [2.75, 3.05) is 39.3 Å². The third-order valence-electron chi connectivity index (χ3n) is 9.26. The van der Waals surface area contributed by atoms with Gasteiger partial charge in [-0.25, -0.2) is 17.6 Å². The number of nitriles is 1. The Hall–Kier alpha value is -4.69. The molecule has 2 aliphatic rings. The van der Waals surface area contributed by atoms with Crippen LogP contribution in [0.4, 0.5) is 35.5 Å². The Morgan fingerprint density at radius 2 is 1.43 bits per heavy atom. The summed E-state index contributed by atoms with van der Waals surface area (Å²) in [4.78, 5) is 29.1. The number of urea groups is 1. The van der Waals surface area contributed by atoms with Crippen molar-refractivity contribution in [3.63, 3.8) is 0 Å². The average molecular weight is 741 g/mol. The highest BCUT2D eigenvalue weighted by atomic mass is 32.2. The number of sulfone groups is 1. The minimum Gasteiger partial charge on any atom is -0.349 e. The maximum atomic E-state index is 14.6. The van der Waals surface area contributed by atoms with Gasteiger partial charge in [0.25, 0.3) is 5.60 Å². The second-order valence-electron chi connectivity index (χ2n) is 12.3. The van der Waals surface area contributed by atoms with Gasteiger partial charge in [0.2, 0.25) is 5.91 Å². The fraction of sp³-hybridized carbons (Fsp3) is 0.382. The standard InChI is InChI=1S/C34H31F7N4O5S/c1-23(46)43-15-17-44(18-16-43)30(47)45-14-13-31(22-45,51(48,49)29-11-9-28(35)10-12-29)26-5-7-27(8-6-26)32(33(36,37)38,34(39,40)41)50-21-25-4-2-3-24(19-25)20-42/h2-12,19H,13-18,21-22H2,1H3/t31-/m0/s1. The monoisotopic (exact) mass is 740 g/mol. The summed E-state index contributed by atoms with van der Waals surface area (Å²) < 4.78 is 133. The lowest BCUT2D eigenvalue weighted by atomic mass is 9.88. The molecule has 2 heterocycles. The number of carbonyl (C=O) groups is 2. The van der Waals surface area contributed by atoms with Crippen molar-refractivity contribution in [2.45, 2.75) is 47.5 Å². The molecule has 0 aromatic heterocycles. The van der Waals surface area contributed by atoms with E-state index in [1.165, 1.54) is 39.8 Å². The molecule has 2 saturated heterocycles. The van der Waals surface area contributed by atoms with Crippen LogP contribution in [0.2, 0.25) is 0 Å². The molecule has 0 bridgehead atoms. The molecule has 272 valence electrons. The van der Waals surface area contributed by atoms with Gasteiger partial charge in [0, 0.05) is 51.8 Å². The fourth-order valence-electron chi connectivity index (χ4n) is 6.47. The molecular formula is C34H31F7N4O5S. The van der Waals surface area contributed by atoms with Crippen LogP contribution in [0.3, 0.4) is 0 Å². The van der Waals surface area contributed by atoms with Crippen LogP contribution in [0.5, 0.6) is 0 Å². The molecule has 0 aliphatic carbocycles. The minimum atomic E-state index is -6.06. The number of hydrogen-bond acceptors (Lipinski definition) is 6. The zero-order valence-corrected chi connectivity index (χ0v) is 27.8. The molecule has 0 unspecified atom stereocenters. The molecule has 2 aliphatic heterocycles. The van der Waals surface area contributed by atoms with Crippen molar-refractivity contribution in [3.8, 4) is 6.07 Å². The lowest BCUT2D eigenvalue weighted by Gasteiger charge is -2.38. The predicted molar refractivity (Wildman–Crippen MR) is 167 cm³/mol. The number of rotatable bonds is 7. The zero-order chi connectivity index (χ0) is 37.4. The van der Waals surface area contributed by atoms with Crippen molar-refractivity contribution in [3.05, 3.63) is 101 Å². The molecular weight excluding hydrogens is 709 g/mol. The number of piperazine rings is 1. The third-order valence-corrected chi connectivity index (χ3v) is 11.8. The van der Waals surface area contributed by atoms with Crippen LogP contribution >= 0.6 is 0 Å². The Balaban J connectivity index is 1.55. The van der Waals surface area contributed by atoms with Gasteiger partial charge in [-0.1, -0.05) is 36.4 Å². The van der Waals surface area contributed by atoms with E-state index < -0.39 is 63.1 Å². The number of nitrogens with zero attached hydrogens (tertiary/aromatic N) is 4. The Morgan fingerprint density at radius 1 is 0.843 bits per heavy atom. The van der Waals surface area contributed by atoms with Crippen molar-refractivity contribution < 1.29 is 53.5 Å². The Bertz CT molecular complexity index is 1910. The van der Waals surface area contributed by atoms with Crippen molar-refractivity contribution in [2.24, 2.45) is 0 Å². The number of hydrogen-bond donors (Lipinski definition) is 0. The quantitative estimate of drug-likeness (QED) is 0.221. The number of likely N-dealkylation sites (tertiary alicyclic amines) is 1. The summed E-state index contributed by atoms with van der Waals surface area (Å²) in [7, 11) is -4.58. The summed E-state index contributed by atoms with van der Waals surface area (Å²) in [5.74, 6) is -0.940. The van der Waals surface area contributed by atoms with E-state index in [-0.39, 0.29) is 66.6 Å². The Kier molecular flexibility index (Phi) is 10.2. The number of carbonyl (C=O) groups excluding carboxylic acids is 2. The van der Waals surface area contributed by atoms with Gasteiger partial charge < -0.3 is 19.4 Å². The largest absolute Gasteiger partial charge is 0.430 e. The van der Waals surface area contributed by atoms with Gasteiger partial charge >= 0.3 is 18.4 Å². The lowest BCUT2D eigenvalue weighted by molar-refractivity contribution is -0.392. The number of halogens is 7. The molecule has 3 aromatic carbocycles. The molecule has 51 heavy (non-hydrogen) atoms. The maximum absolute atomic E-state index is 14.6. The molecule has 2 fully saturated rings. The van der Waals surface area contributed by atoms with Crippen LogP contribution in [-0.2, 0) is 36.3 Å². The SMILES string of the molecule is CC(=O)N1CCN(C(=O)N2CC[C@](c3ccc(C(OCc4cccc(C#N)c4)(C(F)(F)F)C(F)(F)F)cc3)(S(=O)(=O)c3ccc(F)cc3)C2)CC1. The van der Waals surface area contributed by atoms with Crippen molar-refractivity contribution in [1.82, 2.24) is 14.7 Å². The lowest BCUT2D eigenvalue weighted by Crippen LogP contribution is -2.56. The highest BCUT2D eigenvalue weighted by Gasteiger charge is 2.73. The van der Waals surface area contributed by atoms with Gasteiger partial charge in [0.1, 0.15) is 10.6 Å². The summed E-state index contributed by atoms with van der Waals surface area (Å²) >= 11 is 0. The molecule has 3 aromatic rings. The van der Waals surface area contributed by atoms with Crippen molar-refractivity contribution in [1.29, 1.82) is 5.26 Å². The second-order valence-corrected chi connectivity index (χ2v) is 14.5. The van der Waals surface area contributed by atoms with Gasteiger partial charge in [-0.05, 0) is 53.9 Å². The number of benzene rings is 3. The van der Waals surface area contributed by atoms with Crippen LogP contribution < -0.4 is 0 Å². The molecule has 1 atom stereocenters. The van der Waals surface area contributed by atoms with Crippen LogP contribution in [0, 0.1) is 17.1 Å². The van der Waals surface area contributed by atoms with E-state index in [1.54, 1.807) is 6.07 Å². The van der Waals surface area contributed by atoms with Crippen LogP contribution in [0.1, 0.15) is 35.6 Å². The van der Waals surface area contributed by atoms with Gasteiger partial charge in [-0.15, -0.1) is 0 Å². The van der Waals surface area contributed by atoms with Crippen LogP contribution in [0.15, 0.2) is 77.7 Å². The molecule has 9 nitrogen and oxygen atoms in total. The highest BCUT2D eigenvalue weighted by molar-refractivity contribution is 7.92. The molecule has 0 spiro atoms. The van der Waals surface area contributed by atoms with E-state index in [0.717, 1.165) is 42.5 Å². The van der Waals surface area contributed by atoms with E-state index in [1.807, 2.05) is 0 Å². The summed E-state index contributed by atoms with van der Waals surface area (Å²) in [6, 6.07) is 12.5. The summed E-state index contributed by atoms with van der Waals surface area (Å²) in [5.41, 5.74) is -6.59. The first-order valence-electron chi connectivity index (χ1n) is 15.5. The second kappa shape index (κ2) is 13.8.